The van der Waals surface area contributed by atoms with Gasteiger partial charge in [-0.3, -0.25) is 0 Å². The third kappa shape index (κ3) is 1.42. The smallest absolute Gasteiger partial charge is 0.0137 e. The van der Waals surface area contributed by atoms with Crippen LogP contribution in [-0.4, -0.2) is 0 Å². The van der Waals surface area contributed by atoms with Gasteiger partial charge in [0.2, 0.25) is 0 Å². The lowest BCUT2D eigenvalue weighted by Crippen LogP contribution is -2.14. The zero-order valence-electron chi connectivity index (χ0n) is 8.09. The van der Waals surface area contributed by atoms with E-state index in [2.05, 4.69) is 51.7 Å². The highest BCUT2D eigenvalue weighted by Gasteiger charge is 2.23. The van der Waals surface area contributed by atoms with Crippen molar-refractivity contribution in [3.63, 3.8) is 0 Å². The van der Waals surface area contributed by atoms with Crippen molar-refractivity contribution in [2.24, 2.45) is 5.41 Å². The molecule has 0 bridgehead atoms. The lowest BCUT2D eigenvalue weighted by molar-refractivity contribution is 0.569. The van der Waals surface area contributed by atoms with E-state index in [0.29, 0.717) is 0 Å². The Morgan fingerprint density at radius 1 is 1.25 bits per heavy atom. The number of rotatable bonds is 0. The molecule has 0 saturated carbocycles. The number of hydrogen-bond donors (Lipinski definition) is 0. The van der Waals surface area contributed by atoms with Gasteiger partial charge in [0, 0.05) is 5.41 Å². The fraction of sp³-hybridized carbons (Fsp3) is 0.333. The molecule has 0 nitrogen and oxygen atoms in total. The van der Waals surface area contributed by atoms with Gasteiger partial charge >= 0.3 is 0 Å². The molecule has 0 saturated heterocycles. The second-order valence-electron chi connectivity index (χ2n) is 3.61. The molecular weight excluding hydrogens is 144 g/mol. The minimum absolute atomic E-state index is 0.0816. The molecule has 0 heterocycles. The summed E-state index contributed by atoms with van der Waals surface area (Å²) in [4.78, 5) is 0. The fourth-order valence-electron chi connectivity index (χ4n) is 1.39. The highest BCUT2D eigenvalue weighted by Crippen LogP contribution is 2.36. The van der Waals surface area contributed by atoms with Gasteiger partial charge in [0.15, 0.2) is 0 Å². The van der Waals surface area contributed by atoms with Crippen molar-refractivity contribution in [3.8, 4) is 0 Å². The summed E-state index contributed by atoms with van der Waals surface area (Å²) in [5.74, 6) is 0. The van der Waals surface area contributed by atoms with Gasteiger partial charge in [-0.1, -0.05) is 50.8 Å². The molecule has 0 heteroatoms. The molecule has 0 radical (unpaired) electrons. The van der Waals surface area contributed by atoms with Gasteiger partial charge in [0.1, 0.15) is 0 Å². The third-order valence-corrected chi connectivity index (χ3v) is 2.52. The van der Waals surface area contributed by atoms with Crippen LogP contribution >= 0.6 is 0 Å². The maximum absolute atomic E-state index is 4.06. The zero-order chi connectivity index (χ0) is 9.19. The molecule has 0 aromatic rings. The van der Waals surface area contributed by atoms with Crippen molar-refractivity contribution in [2.75, 3.05) is 0 Å². The molecule has 0 fully saturated rings. The van der Waals surface area contributed by atoms with E-state index < -0.39 is 0 Å². The minimum atomic E-state index is 0.0816. The van der Waals surface area contributed by atoms with Gasteiger partial charge in [-0.2, -0.15) is 0 Å². The van der Waals surface area contributed by atoms with Gasteiger partial charge in [-0.05, 0) is 18.1 Å². The molecule has 12 heavy (non-hydrogen) atoms. The average Bonchev–Trinajstić information content (AvgIpc) is 2.13. The first-order valence-electron chi connectivity index (χ1n) is 4.30. The van der Waals surface area contributed by atoms with E-state index in [-0.39, 0.29) is 5.41 Å². The lowest BCUT2D eigenvalue weighted by Gasteiger charge is -2.26. The van der Waals surface area contributed by atoms with Gasteiger partial charge in [0.25, 0.3) is 0 Å². The summed E-state index contributed by atoms with van der Waals surface area (Å²) in [6, 6.07) is 0. The SMILES string of the molecule is C=C1C=CC=CC(=CC)C1(C)C. The van der Waals surface area contributed by atoms with Crippen molar-refractivity contribution in [2.45, 2.75) is 20.8 Å². The van der Waals surface area contributed by atoms with E-state index in [9.17, 15) is 0 Å². The Morgan fingerprint density at radius 3 is 2.42 bits per heavy atom. The van der Waals surface area contributed by atoms with E-state index in [4.69, 9.17) is 0 Å². The zero-order valence-corrected chi connectivity index (χ0v) is 8.09. The molecule has 1 aliphatic rings. The van der Waals surface area contributed by atoms with E-state index >= 15 is 0 Å². The molecular formula is C12H16. The Hall–Kier alpha value is -1.04. The van der Waals surface area contributed by atoms with Gasteiger partial charge in [-0.15, -0.1) is 0 Å². The highest BCUT2D eigenvalue weighted by molar-refractivity contribution is 5.42. The molecule has 1 aliphatic carbocycles. The first-order valence-corrected chi connectivity index (χ1v) is 4.30. The molecule has 0 spiro atoms. The van der Waals surface area contributed by atoms with E-state index in [1.165, 1.54) is 11.1 Å². The van der Waals surface area contributed by atoms with Crippen molar-refractivity contribution in [3.05, 3.63) is 48.1 Å². The second-order valence-corrected chi connectivity index (χ2v) is 3.61. The topological polar surface area (TPSA) is 0 Å². The number of allylic oxidation sites excluding steroid dienone is 7. The van der Waals surface area contributed by atoms with Crippen LogP contribution in [-0.2, 0) is 0 Å². The Bertz CT molecular complexity index is 272. The lowest BCUT2D eigenvalue weighted by atomic mass is 9.78. The maximum atomic E-state index is 4.06. The van der Waals surface area contributed by atoms with Gasteiger partial charge in [0.05, 0.1) is 0 Å². The normalized spacial score (nSPS) is 24.6. The summed E-state index contributed by atoms with van der Waals surface area (Å²) in [5, 5.41) is 0. The molecule has 0 amide bonds. The summed E-state index contributed by atoms with van der Waals surface area (Å²) in [6.45, 7) is 10.5. The van der Waals surface area contributed by atoms with Crippen molar-refractivity contribution < 1.29 is 0 Å². The predicted octanol–water partition coefficient (Wildman–Crippen LogP) is 3.64. The summed E-state index contributed by atoms with van der Waals surface area (Å²) in [6.07, 6.45) is 10.5. The van der Waals surface area contributed by atoms with Crippen LogP contribution in [0.15, 0.2) is 48.1 Å². The first kappa shape index (κ1) is 9.05. The third-order valence-electron chi connectivity index (χ3n) is 2.52. The Labute approximate surface area is 75.0 Å². The van der Waals surface area contributed by atoms with Crippen LogP contribution in [0.4, 0.5) is 0 Å². The quantitative estimate of drug-likeness (QED) is 0.507. The van der Waals surface area contributed by atoms with Crippen molar-refractivity contribution in [1.29, 1.82) is 0 Å². The maximum Gasteiger partial charge on any atom is 0.0137 e. The van der Waals surface area contributed by atoms with Crippen LogP contribution in [0.5, 0.6) is 0 Å². The monoisotopic (exact) mass is 160 g/mol. The molecule has 0 atom stereocenters. The molecule has 0 N–H and O–H groups in total. The van der Waals surface area contributed by atoms with Crippen LogP contribution in [0.2, 0.25) is 0 Å². The summed E-state index contributed by atoms with van der Waals surface area (Å²) in [5.41, 5.74) is 2.58. The molecule has 1 rings (SSSR count). The van der Waals surface area contributed by atoms with Gasteiger partial charge in [-0.25, -0.2) is 0 Å². The standard InChI is InChI=1S/C12H16/c1-5-11-9-7-6-8-10(2)12(11,3)4/h5-9H,2H2,1,3-4H3. The highest BCUT2D eigenvalue weighted by atomic mass is 14.3. The molecule has 0 aromatic heterocycles. The van der Waals surface area contributed by atoms with Crippen LogP contribution < -0.4 is 0 Å². The Balaban J connectivity index is 3.15. The largest absolute Gasteiger partial charge is 0.0949 e. The summed E-state index contributed by atoms with van der Waals surface area (Å²) in [7, 11) is 0. The second kappa shape index (κ2) is 3.14. The van der Waals surface area contributed by atoms with Gasteiger partial charge < -0.3 is 0 Å². The molecule has 0 unspecified atom stereocenters. The summed E-state index contributed by atoms with van der Waals surface area (Å²) >= 11 is 0. The average molecular weight is 160 g/mol. The molecule has 0 aromatic carbocycles. The molecule has 64 valence electrons. The minimum Gasteiger partial charge on any atom is -0.0949 e. The van der Waals surface area contributed by atoms with Crippen LogP contribution in [0, 0.1) is 5.41 Å². The first-order chi connectivity index (χ1) is 5.59. The number of hydrogen-bond acceptors (Lipinski definition) is 0. The van der Waals surface area contributed by atoms with Crippen LogP contribution in [0.1, 0.15) is 20.8 Å². The van der Waals surface area contributed by atoms with Crippen molar-refractivity contribution >= 4 is 0 Å². The predicted molar refractivity (Wildman–Crippen MR) is 55.0 cm³/mol. The van der Waals surface area contributed by atoms with E-state index in [1.807, 2.05) is 6.08 Å². The molecule has 0 aliphatic heterocycles. The Morgan fingerprint density at radius 2 is 1.83 bits per heavy atom. The van der Waals surface area contributed by atoms with E-state index in [1.54, 1.807) is 0 Å². The van der Waals surface area contributed by atoms with Crippen molar-refractivity contribution in [1.82, 2.24) is 0 Å². The fourth-order valence-corrected chi connectivity index (χ4v) is 1.39. The van der Waals surface area contributed by atoms with Crippen LogP contribution in [0.3, 0.4) is 0 Å². The van der Waals surface area contributed by atoms with Crippen LogP contribution in [0.25, 0.3) is 0 Å². The van der Waals surface area contributed by atoms with E-state index in [0.717, 1.165) is 0 Å². The Kier molecular flexibility index (Phi) is 2.37. The summed E-state index contributed by atoms with van der Waals surface area (Å²) < 4.78 is 0.